The Kier molecular flexibility index (Phi) is 5.12. The minimum Gasteiger partial charge on any atom is -0.309 e. The van der Waals surface area contributed by atoms with Gasteiger partial charge >= 0.3 is 0 Å². The summed E-state index contributed by atoms with van der Waals surface area (Å²) in [5.41, 5.74) is 1.16. The van der Waals surface area contributed by atoms with E-state index in [0.717, 1.165) is 24.1 Å². The topological polar surface area (TPSA) is 37.8 Å². The molecule has 0 amide bonds. The van der Waals surface area contributed by atoms with E-state index in [4.69, 9.17) is 0 Å². The van der Waals surface area contributed by atoms with Crippen LogP contribution in [0.1, 0.15) is 57.7 Å². The van der Waals surface area contributed by atoms with Crippen molar-refractivity contribution in [3.8, 4) is 0 Å². The number of nitrogens with one attached hydrogen (secondary N) is 1. The van der Waals surface area contributed by atoms with Crippen molar-refractivity contribution in [1.29, 1.82) is 0 Å². The van der Waals surface area contributed by atoms with E-state index in [1.54, 1.807) is 6.33 Å². The SMILES string of the molecule is CCNC(c1ccncn1)C1CCCC(CC)C1. The van der Waals surface area contributed by atoms with Crippen LogP contribution in [0, 0.1) is 11.8 Å². The van der Waals surface area contributed by atoms with Gasteiger partial charge in [-0.1, -0.05) is 33.1 Å². The highest BCUT2D eigenvalue weighted by Gasteiger charge is 2.28. The van der Waals surface area contributed by atoms with Gasteiger partial charge in [0.25, 0.3) is 0 Å². The average Bonchev–Trinajstić information content (AvgIpc) is 2.46. The lowest BCUT2D eigenvalue weighted by Crippen LogP contribution is -2.32. The molecule has 1 N–H and O–H groups in total. The van der Waals surface area contributed by atoms with Crippen LogP contribution in [-0.2, 0) is 0 Å². The van der Waals surface area contributed by atoms with Gasteiger partial charge in [0.2, 0.25) is 0 Å². The maximum absolute atomic E-state index is 4.45. The first-order chi connectivity index (χ1) is 8.85. The highest BCUT2D eigenvalue weighted by Crippen LogP contribution is 2.37. The zero-order valence-corrected chi connectivity index (χ0v) is 11.6. The van der Waals surface area contributed by atoms with E-state index >= 15 is 0 Å². The molecule has 0 aliphatic heterocycles. The fraction of sp³-hybridized carbons (Fsp3) is 0.733. The molecule has 0 saturated heterocycles. The van der Waals surface area contributed by atoms with Crippen molar-refractivity contribution >= 4 is 0 Å². The Morgan fingerprint density at radius 3 is 2.94 bits per heavy atom. The quantitative estimate of drug-likeness (QED) is 0.867. The van der Waals surface area contributed by atoms with Crippen LogP contribution in [0.15, 0.2) is 18.6 Å². The first-order valence-corrected chi connectivity index (χ1v) is 7.34. The van der Waals surface area contributed by atoms with E-state index < -0.39 is 0 Å². The summed E-state index contributed by atoms with van der Waals surface area (Å²) >= 11 is 0. The lowest BCUT2D eigenvalue weighted by molar-refractivity contribution is 0.208. The van der Waals surface area contributed by atoms with Crippen molar-refractivity contribution < 1.29 is 0 Å². The molecular weight excluding hydrogens is 222 g/mol. The largest absolute Gasteiger partial charge is 0.309 e. The van der Waals surface area contributed by atoms with E-state index in [0.29, 0.717) is 6.04 Å². The summed E-state index contributed by atoms with van der Waals surface area (Å²) in [4.78, 5) is 8.48. The predicted octanol–water partition coefficient (Wildman–Crippen LogP) is 3.34. The van der Waals surface area contributed by atoms with Gasteiger partial charge in [0.05, 0.1) is 11.7 Å². The van der Waals surface area contributed by atoms with Crippen molar-refractivity contribution in [3.63, 3.8) is 0 Å². The molecule has 100 valence electrons. The molecule has 3 nitrogen and oxygen atoms in total. The van der Waals surface area contributed by atoms with Crippen LogP contribution < -0.4 is 5.32 Å². The molecule has 0 spiro atoms. The summed E-state index contributed by atoms with van der Waals surface area (Å²) in [5.74, 6) is 1.64. The van der Waals surface area contributed by atoms with Crippen LogP contribution in [0.2, 0.25) is 0 Å². The van der Waals surface area contributed by atoms with Gasteiger partial charge in [-0.15, -0.1) is 0 Å². The second kappa shape index (κ2) is 6.83. The molecule has 1 aromatic heterocycles. The summed E-state index contributed by atoms with van der Waals surface area (Å²) in [7, 11) is 0. The molecule has 1 fully saturated rings. The second-order valence-corrected chi connectivity index (χ2v) is 5.37. The fourth-order valence-corrected chi connectivity index (χ4v) is 3.22. The molecule has 1 aliphatic rings. The van der Waals surface area contributed by atoms with Crippen molar-refractivity contribution in [3.05, 3.63) is 24.3 Å². The number of nitrogens with zero attached hydrogens (tertiary/aromatic N) is 2. The molecular formula is C15H25N3. The van der Waals surface area contributed by atoms with E-state index in [-0.39, 0.29) is 0 Å². The van der Waals surface area contributed by atoms with Crippen molar-refractivity contribution in [2.45, 2.75) is 52.0 Å². The highest BCUT2D eigenvalue weighted by atomic mass is 15.0. The third-order valence-corrected chi connectivity index (χ3v) is 4.22. The Morgan fingerprint density at radius 2 is 2.28 bits per heavy atom. The Balaban J connectivity index is 2.09. The lowest BCUT2D eigenvalue weighted by atomic mass is 9.76. The normalized spacial score (nSPS) is 25.9. The molecule has 0 aromatic carbocycles. The fourth-order valence-electron chi connectivity index (χ4n) is 3.22. The summed E-state index contributed by atoms with van der Waals surface area (Å²) in [6.07, 6.45) is 10.3. The summed E-state index contributed by atoms with van der Waals surface area (Å²) in [6.45, 7) is 5.50. The molecule has 0 bridgehead atoms. The zero-order chi connectivity index (χ0) is 12.8. The summed E-state index contributed by atoms with van der Waals surface area (Å²) in [6, 6.07) is 2.47. The molecule has 3 unspecified atom stereocenters. The predicted molar refractivity (Wildman–Crippen MR) is 74.2 cm³/mol. The van der Waals surface area contributed by atoms with Gasteiger partial charge in [-0.05, 0) is 37.3 Å². The first-order valence-electron chi connectivity index (χ1n) is 7.34. The van der Waals surface area contributed by atoms with E-state index in [1.807, 2.05) is 6.20 Å². The Morgan fingerprint density at radius 1 is 1.39 bits per heavy atom. The molecule has 1 heterocycles. The average molecular weight is 247 g/mol. The molecule has 3 atom stereocenters. The van der Waals surface area contributed by atoms with Gasteiger partial charge in [-0.2, -0.15) is 0 Å². The van der Waals surface area contributed by atoms with Crippen LogP contribution in [-0.4, -0.2) is 16.5 Å². The number of hydrogen-bond acceptors (Lipinski definition) is 3. The van der Waals surface area contributed by atoms with Crippen LogP contribution >= 0.6 is 0 Å². The highest BCUT2D eigenvalue weighted by molar-refractivity contribution is 5.07. The molecule has 2 rings (SSSR count). The lowest BCUT2D eigenvalue weighted by Gasteiger charge is -2.34. The van der Waals surface area contributed by atoms with E-state index in [9.17, 15) is 0 Å². The Bertz CT molecular complexity index is 339. The molecule has 0 radical (unpaired) electrons. The minimum absolute atomic E-state index is 0.410. The zero-order valence-electron chi connectivity index (χ0n) is 11.6. The summed E-state index contributed by atoms with van der Waals surface area (Å²) < 4.78 is 0. The monoisotopic (exact) mass is 247 g/mol. The third-order valence-electron chi connectivity index (χ3n) is 4.22. The van der Waals surface area contributed by atoms with Crippen LogP contribution in [0.5, 0.6) is 0 Å². The van der Waals surface area contributed by atoms with Crippen molar-refractivity contribution in [2.24, 2.45) is 11.8 Å². The Labute approximate surface area is 110 Å². The van der Waals surface area contributed by atoms with E-state index in [1.165, 1.54) is 32.1 Å². The van der Waals surface area contributed by atoms with Gasteiger partial charge in [-0.3, -0.25) is 0 Å². The molecule has 18 heavy (non-hydrogen) atoms. The molecule has 3 heteroatoms. The van der Waals surface area contributed by atoms with E-state index in [2.05, 4.69) is 35.2 Å². The number of aromatic nitrogens is 2. The Hall–Kier alpha value is -0.960. The van der Waals surface area contributed by atoms with Gasteiger partial charge in [0, 0.05) is 6.20 Å². The van der Waals surface area contributed by atoms with Crippen LogP contribution in [0.25, 0.3) is 0 Å². The van der Waals surface area contributed by atoms with Gasteiger partial charge in [0.15, 0.2) is 0 Å². The summed E-state index contributed by atoms with van der Waals surface area (Å²) in [5, 5.41) is 3.62. The standard InChI is InChI=1S/C15H25N3/c1-3-12-6-5-7-13(10-12)15(17-4-2)14-8-9-16-11-18-14/h8-9,11-13,15,17H,3-7,10H2,1-2H3. The van der Waals surface area contributed by atoms with Gasteiger partial charge in [0.1, 0.15) is 6.33 Å². The van der Waals surface area contributed by atoms with Gasteiger partial charge < -0.3 is 5.32 Å². The molecule has 1 saturated carbocycles. The third kappa shape index (κ3) is 3.29. The van der Waals surface area contributed by atoms with Gasteiger partial charge in [-0.25, -0.2) is 9.97 Å². The first kappa shape index (κ1) is 13.5. The molecule has 1 aromatic rings. The van der Waals surface area contributed by atoms with Crippen molar-refractivity contribution in [1.82, 2.24) is 15.3 Å². The smallest absolute Gasteiger partial charge is 0.115 e. The van der Waals surface area contributed by atoms with Crippen LogP contribution in [0.3, 0.4) is 0 Å². The van der Waals surface area contributed by atoms with Crippen LogP contribution in [0.4, 0.5) is 0 Å². The maximum atomic E-state index is 4.45. The van der Waals surface area contributed by atoms with Crippen molar-refractivity contribution in [2.75, 3.05) is 6.54 Å². The molecule has 1 aliphatic carbocycles. The number of rotatable bonds is 5. The minimum atomic E-state index is 0.410. The number of hydrogen-bond donors (Lipinski definition) is 1. The second-order valence-electron chi connectivity index (χ2n) is 5.37. The maximum Gasteiger partial charge on any atom is 0.115 e.